The van der Waals surface area contributed by atoms with Crippen molar-refractivity contribution in [1.29, 1.82) is 0 Å². The molecule has 3 N–H and O–H groups in total. The molecule has 7 nitrogen and oxygen atoms in total. The van der Waals surface area contributed by atoms with Crippen LogP contribution in [0.5, 0.6) is 0 Å². The van der Waals surface area contributed by atoms with E-state index in [9.17, 15) is 13.2 Å². The molecule has 0 saturated heterocycles. The predicted molar refractivity (Wildman–Crippen MR) is 109 cm³/mol. The van der Waals surface area contributed by atoms with E-state index in [1.807, 2.05) is 11.5 Å². The Morgan fingerprint density at radius 3 is 2.63 bits per heavy atom. The van der Waals surface area contributed by atoms with E-state index in [4.69, 9.17) is 5.14 Å². The fourth-order valence-electron chi connectivity index (χ4n) is 2.50. The maximum Gasteiger partial charge on any atom is 0.238 e. The third kappa shape index (κ3) is 5.70. The lowest BCUT2D eigenvalue weighted by Gasteiger charge is -2.17. The zero-order valence-electron chi connectivity index (χ0n) is 16.2. The molecule has 0 aliphatic heterocycles. The van der Waals surface area contributed by atoms with Crippen molar-refractivity contribution in [2.75, 3.05) is 5.75 Å². The Morgan fingerprint density at radius 2 is 2.04 bits per heavy atom. The highest BCUT2D eigenvalue weighted by atomic mass is 32.2. The Morgan fingerprint density at radius 1 is 1.33 bits per heavy atom. The summed E-state index contributed by atoms with van der Waals surface area (Å²) in [4.78, 5) is 16.8. The molecule has 2 rings (SSSR count). The van der Waals surface area contributed by atoms with Gasteiger partial charge in [-0.05, 0) is 37.5 Å². The average molecular weight is 413 g/mol. The highest BCUT2D eigenvalue weighted by molar-refractivity contribution is 7.99. The minimum atomic E-state index is -3.78. The Hall–Kier alpha value is -1.58. The van der Waals surface area contributed by atoms with Gasteiger partial charge in [0.2, 0.25) is 15.9 Å². The number of hydrogen-bond acceptors (Lipinski definition) is 5. The summed E-state index contributed by atoms with van der Waals surface area (Å²) in [5, 5.41) is 8.91. The second kappa shape index (κ2) is 9.07. The molecule has 9 heteroatoms. The van der Waals surface area contributed by atoms with Gasteiger partial charge in [-0.3, -0.25) is 4.79 Å². The number of rotatable bonds is 9. The fourth-order valence-corrected chi connectivity index (χ4v) is 3.88. The van der Waals surface area contributed by atoms with Crippen LogP contribution < -0.4 is 10.5 Å². The summed E-state index contributed by atoms with van der Waals surface area (Å²) in [7, 11) is -3.78. The number of nitrogens with one attached hydrogen (secondary N) is 1. The van der Waals surface area contributed by atoms with Crippen LogP contribution in [-0.4, -0.2) is 35.7 Å². The van der Waals surface area contributed by atoms with Crippen molar-refractivity contribution >= 4 is 38.7 Å². The van der Waals surface area contributed by atoms with Crippen molar-refractivity contribution in [3.05, 3.63) is 18.2 Å². The van der Waals surface area contributed by atoms with Crippen LogP contribution in [0.4, 0.5) is 0 Å². The quantitative estimate of drug-likeness (QED) is 0.616. The van der Waals surface area contributed by atoms with E-state index >= 15 is 0 Å². The number of fused-ring (bicyclic) bond motifs is 1. The molecular formula is C18H28N4O3S2. The van der Waals surface area contributed by atoms with Gasteiger partial charge in [0.15, 0.2) is 5.16 Å². The number of nitrogens with zero attached hydrogens (tertiary/aromatic N) is 2. The number of sulfonamides is 1. The van der Waals surface area contributed by atoms with E-state index in [0.717, 1.165) is 24.9 Å². The van der Waals surface area contributed by atoms with Crippen molar-refractivity contribution < 1.29 is 13.2 Å². The van der Waals surface area contributed by atoms with Crippen molar-refractivity contribution in [2.24, 2.45) is 11.1 Å². The van der Waals surface area contributed by atoms with Crippen LogP contribution in [0.3, 0.4) is 0 Å². The first kappa shape index (κ1) is 21.7. The Labute approximate surface area is 165 Å². The first-order valence-corrected chi connectivity index (χ1v) is 11.6. The van der Waals surface area contributed by atoms with Gasteiger partial charge >= 0.3 is 0 Å². The molecule has 2 aromatic rings. The van der Waals surface area contributed by atoms with Gasteiger partial charge in [0.05, 0.1) is 21.7 Å². The monoisotopic (exact) mass is 412 g/mol. The molecule has 0 bridgehead atoms. The summed E-state index contributed by atoms with van der Waals surface area (Å²) in [5.41, 5.74) is 1.41. The zero-order chi connectivity index (χ0) is 20.2. The number of nitrogens with two attached hydrogens (primary N) is 1. The number of thioether (sulfide) groups is 1. The number of aromatic nitrogens is 2. The van der Waals surface area contributed by atoms with E-state index in [1.165, 1.54) is 23.9 Å². The number of carbonyl (C=O) groups excluding carboxylic acids is 1. The normalized spacial score (nSPS) is 13.3. The minimum absolute atomic E-state index is 0.0372. The molecule has 1 aromatic carbocycles. The van der Waals surface area contributed by atoms with Crippen LogP contribution in [0.15, 0.2) is 28.3 Å². The highest BCUT2D eigenvalue weighted by Crippen LogP contribution is 2.26. The lowest BCUT2D eigenvalue weighted by Crippen LogP contribution is -2.37. The Kier molecular flexibility index (Phi) is 7.30. The van der Waals surface area contributed by atoms with Crippen molar-refractivity contribution in [3.8, 4) is 0 Å². The molecule has 150 valence electrons. The third-order valence-corrected chi connectivity index (χ3v) is 6.36. The summed E-state index contributed by atoms with van der Waals surface area (Å²) >= 11 is 1.36. The lowest BCUT2D eigenvalue weighted by atomic mass is 10.1. The first-order valence-electron chi connectivity index (χ1n) is 9.08. The van der Waals surface area contributed by atoms with Gasteiger partial charge in [-0.25, -0.2) is 18.5 Å². The summed E-state index contributed by atoms with van der Waals surface area (Å²) in [6, 6.07) is 4.81. The third-order valence-electron chi connectivity index (χ3n) is 4.47. The number of hydrogen-bond donors (Lipinski definition) is 2. The van der Waals surface area contributed by atoms with Gasteiger partial charge in [-0.15, -0.1) is 0 Å². The van der Waals surface area contributed by atoms with E-state index in [1.54, 1.807) is 6.07 Å². The van der Waals surface area contributed by atoms with E-state index in [-0.39, 0.29) is 22.6 Å². The van der Waals surface area contributed by atoms with Crippen molar-refractivity contribution in [3.63, 3.8) is 0 Å². The maximum atomic E-state index is 12.2. The van der Waals surface area contributed by atoms with Gasteiger partial charge in [0, 0.05) is 12.6 Å². The van der Waals surface area contributed by atoms with Gasteiger partial charge in [0.25, 0.3) is 0 Å². The molecule has 0 aliphatic rings. The second-order valence-corrected chi connectivity index (χ2v) is 9.49. The molecule has 27 heavy (non-hydrogen) atoms. The maximum absolute atomic E-state index is 12.2. The molecule has 1 aromatic heterocycles. The van der Waals surface area contributed by atoms with Crippen LogP contribution in [-0.2, 0) is 21.4 Å². The largest absolute Gasteiger partial charge is 0.353 e. The topological polar surface area (TPSA) is 107 Å². The number of unbranched alkanes of at least 4 members (excludes halogenated alkanes) is 1. The van der Waals surface area contributed by atoms with Gasteiger partial charge in [-0.2, -0.15) is 0 Å². The lowest BCUT2D eigenvalue weighted by molar-refractivity contribution is -0.119. The van der Waals surface area contributed by atoms with Crippen LogP contribution in [0.2, 0.25) is 0 Å². The molecular weight excluding hydrogens is 384 g/mol. The molecule has 0 saturated carbocycles. The molecule has 1 atom stereocenters. The Balaban J connectivity index is 2.26. The van der Waals surface area contributed by atoms with Gasteiger partial charge < -0.3 is 9.88 Å². The molecule has 1 unspecified atom stereocenters. The van der Waals surface area contributed by atoms with Crippen molar-refractivity contribution in [2.45, 2.75) is 63.2 Å². The smallest absolute Gasteiger partial charge is 0.238 e. The standard InChI is InChI=1S/C18H28N4O3S2/c1-5-6-9-22-16-8-7-14(27(19,24)25)10-15(16)21-18(22)26-11-17(23)20-13(4)12(2)3/h7-8,10,12-13H,5-6,9,11H2,1-4H3,(H,20,23)(H2,19,24,25). The second-order valence-electron chi connectivity index (χ2n) is 6.98. The fraction of sp³-hybridized carbons (Fsp3) is 0.556. The highest BCUT2D eigenvalue weighted by Gasteiger charge is 2.17. The number of benzene rings is 1. The Bertz CT molecular complexity index is 907. The number of amides is 1. The van der Waals surface area contributed by atoms with Crippen LogP contribution in [0, 0.1) is 5.92 Å². The van der Waals surface area contributed by atoms with Crippen LogP contribution in [0.1, 0.15) is 40.5 Å². The summed E-state index contributed by atoms with van der Waals surface area (Å²) < 4.78 is 25.2. The molecule has 1 amide bonds. The van der Waals surface area contributed by atoms with Gasteiger partial charge in [0.1, 0.15) is 0 Å². The van der Waals surface area contributed by atoms with Crippen LogP contribution in [0.25, 0.3) is 11.0 Å². The minimum Gasteiger partial charge on any atom is -0.353 e. The number of aryl methyl sites for hydroxylation is 1. The summed E-state index contributed by atoms with van der Waals surface area (Å²) in [6.07, 6.45) is 1.98. The molecule has 0 aliphatic carbocycles. The SMILES string of the molecule is CCCCn1c(SCC(=O)NC(C)C(C)C)nc2cc(S(N)(=O)=O)ccc21. The first-order chi connectivity index (χ1) is 12.6. The predicted octanol–water partition coefficient (Wildman–Crippen LogP) is 2.74. The average Bonchev–Trinajstić information content (AvgIpc) is 2.93. The molecule has 0 fully saturated rings. The number of carbonyl (C=O) groups is 1. The molecule has 1 heterocycles. The molecule has 0 spiro atoms. The number of primary sulfonamides is 1. The zero-order valence-corrected chi connectivity index (χ0v) is 17.9. The van der Waals surface area contributed by atoms with Crippen molar-refractivity contribution in [1.82, 2.24) is 14.9 Å². The van der Waals surface area contributed by atoms with E-state index < -0.39 is 10.0 Å². The van der Waals surface area contributed by atoms with E-state index in [2.05, 4.69) is 31.1 Å². The van der Waals surface area contributed by atoms with Crippen LogP contribution >= 0.6 is 11.8 Å². The molecule has 0 radical (unpaired) electrons. The number of imidazole rings is 1. The summed E-state index contributed by atoms with van der Waals surface area (Å²) in [6.45, 7) is 8.97. The van der Waals surface area contributed by atoms with E-state index in [0.29, 0.717) is 16.6 Å². The summed E-state index contributed by atoms with van der Waals surface area (Å²) in [5.74, 6) is 0.583. The van der Waals surface area contributed by atoms with Gasteiger partial charge in [-0.1, -0.05) is 39.0 Å².